The third-order valence-corrected chi connectivity index (χ3v) is 5.05. The van der Waals surface area contributed by atoms with E-state index in [9.17, 15) is 9.59 Å². The number of ether oxygens (including phenoxy) is 1. The number of methoxy groups -OCH3 is 1. The normalized spacial score (nSPS) is 16.2. The maximum atomic E-state index is 12.4. The van der Waals surface area contributed by atoms with Crippen LogP contribution in [0.25, 0.3) is 0 Å². The number of rotatable bonds is 6. The number of amides is 2. The Balaban J connectivity index is 0.00000141. The van der Waals surface area contributed by atoms with Gasteiger partial charge >= 0.3 is 0 Å². The molecule has 188 valence electrons. The highest BCUT2D eigenvalue weighted by molar-refractivity contribution is 6.02. The number of aryl methyl sites for hydroxylation is 2. The zero-order valence-corrected chi connectivity index (χ0v) is 20.4. The molecule has 3 rings (SSSR count). The number of benzene rings is 1. The fourth-order valence-electron chi connectivity index (χ4n) is 3.55. The molecule has 0 saturated carbocycles. The summed E-state index contributed by atoms with van der Waals surface area (Å²) in [4.78, 5) is 37.2. The highest BCUT2D eigenvalue weighted by Crippen LogP contribution is 2.33. The lowest BCUT2D eigenvalue weighted by Crippen LogP contribution is -2.49. The van der Waals surface area contributed by atoms with Gasteiger partial charge in [0, 0.05) is 18.3 Å². The molecule has 2 unspecified atom stereocenters. The molecule has 2 atom stereocenters. The number of hydrogen-bond acceptors (Lipinski definition) is 6. The van der Waals surface area contributed by atoms with Crippen molar-refractivity contribution < 1.29 is 19.1 Å². The van der Waals surface area contributed by atoms with Gasteiger partial charge < -0.3 is 10.1 Å². The quantitative estimate of drug-likeness (QED) is 0.517. The minimum absolute atomic E-state index is 0. The number of nitrogens with one attached hydrogen (secondary N) is 3. The predicted molar refractivity (Wildman–Crippen MR) is 136 cm³/mol. The Morgan fingerprint density at radius 2 is 1.91 bits per heavy atom. The van der Waals surface area contributed by atoms with Crippen molar-refractivity contribution in [1.29, 1.82) is 0 Å². The fourth-order valence-corrected chi connectivity index (χ4v) is 3.55. The summed E-state index contributed by atoms with van der Waals surface area (Å²) in [5.41, 5.74) is 10.3. The van der Waals surface area contributed by atoms with Crippen molar-refractivity contribution in [2.24, 2.45) is 5.92 Å². The number of hydrazine groups is 1. The third-order valence-electron chi connectivity index (χ3n) is 5.05. The second kappa shape index (κ2) is 16.4. The van der Waals surface area contributed by atoms with E-state index in [1.54, 1.807) is 12.3 Å². The van der Waals surface area contributed by atoms with Gasteiger partial charge in [-0.15, -0.1) is 0 Å². The van der Waals surface area contributed by atoms with E-state index < -0.39 is 0 Å². The molecule has 1 aliphatic rings. The molecule has 2 aromatic rings. The number of aromatic nitrogens is 1. The van der Waals surface area contributed by atoms with E-state index in [-0.39, 0.29) is 31.2 Å². The Bertz CT molecular complexity index is 900. The molecule has 8 heteroatoms. The molecule has 3 N–H and O–H groups in total. The van der Waals surface area contributed by atoms with Crippen LogP contribution in [0.2, 0.25) is 0 Å². The van der Waals surface area contributed by atoms with E-state index in [0.717, 1.165) is 35.2 Å². The highest BCUT2D eigenvalue weighted by Gasteiger charge is 2.30. The van der Waals surface area contributed by atoms with Crippen molar-refractivity contribution in [2.75, 3.05) is 12.4 Å². The molecule has 1 aromatic carbocycles. The summed E-state index contributed by atoms with van der Waals surface area (Å²) < 4.78 is 3.86. The van der Waals surface area contributed by atoms with Gasteiger partial charge in [0.2, 0.25) is 5.91 Å². The van der Waals surface area contributed by atoms with Crippen molar-refractivity contribution in [2.45, 2.75) is 67.3 Å². The molecule has 0 aliphatic carbocycles. The average Bonchev–Trinajstić information content (AvgIpc) is 2.82. The molecule has 1 saturated heterocycles. The SMILES string of the molecule is C.CC.CCCC1CC(=O)NNC1c1ccc(NC(=O)c2ccc(C)cn2)cc1C.COC=O. The zero-order chi connectivity index (χ0) is 24.8. The second-order valence-corrected chi connectivity index (χ2v) is 7.50. The summed E-state index contributed by atoms with van der Waals surface area (Å²) in [7, 11) is 1.31. The van der Waals surface area contributed by atoms with E-state index in [1.165, 1.54) is 7.11 Å². The van der Waals surface area contributed by atoms with E-state index in [0.29, 0.717) is 18.6 Å². The van der Waals surface area contributed by atoms with Gasteiger partial charge in [-0.1, -0.05) is 46.8 Å². The van der Waals surface area contributed by atoms with Crippen LogP contribution in [-0.2, 0) is 14.3 Å². The first-order valence-corrected chi connectivity index (χ1v) is 11.2. The van der Waals surface area contributed by atoms with E-state index >= 15 is 0 Å². The van der Waals surface area contributed by atoms with Crippen LogP contribution in [0.1, 0.15) is 80.7 Å². The summed E-state index contributed by atoms with van der Waals surface area (Å²) in [6, 6.07) is 9.54. The lowest BCUT2D eigenvalue weighted by atomic mass is 9.84. The lowest BCUT2D eigenvalue weighted by Gasteiger charge is -2.33. The van der Waals surface area contributed by atoms with Crippen LogP contribution in [0.3, 0.4) is 0 Å². The first-order chi connectivity index (χ1) is 15.9. The Morgan fingerprint density at radius 3 is 2.44 bits per heavy atom. The van der Waals surface area contributed by atoms with Gasteiger partial charge in [-0.3, -0.25) is 24.8 Å². The summed E-state index contributed by atoms with van der Waals surface area (Å²) in [5, 5.41) is 2.90. The number of pyridine rings is 1. The molecule has 0 bridgehead atoms. The fraction of sp³-hybridized carbons (Fsp3) is 0.462. The zero-order valence-electron chi connectivity index (χ0n) is 20.4. The standard InChI is InChI=1S/C21H26N4O2.C2H4O2.C2H6.CH4/c1-4-5-15-11-19(26)24-25-20(15)17-8-7-16(10-14(17)3)23-21(27)18-9-6-13(2)12-22-18;1-4-2-3;1-2;/h6-10,12,15,20,25H,4-5,11H2,1-3H3,(H,23,27)(H,24,26);2H,1H3;1-2H3;1H4. The van der Waals surface area contributed by atoms with Gasteiger partial charge in [0.1, 0.15) is 5.69 Å². The van der Waals surface area contributed by atoms with Gasteiger partial charge in [0.05, 0.1) is 13.2 Å². The van der Waals surface area contributed by atoms with Crippen LogP contribution < -0.4 is 16.2 Å². The smallest absolute Gasteiger partial charge is 0.292 e. The number of carbonyl (C=O) groups is 3. The van der Waals surface area contributed by atoms with Gasteiger partial charge in [-0.2, -0.15) is 0 Å². The molecule has 2 amide bonds. The van der Waals surface area contributed by atoms with Crippen LogP contribution in [0.15, 0.2) is 36.5 Å². The highest BCUT2D eigenvalue weighted by atomic mass is 16.5. The first-order valence-electron chi connectivity index (χ1n) is 11.2. The van der Waals surface area contributed by atoms with Crippen molar-refractivity contribution in [3.05, 3.63) is 58.9 Å². The van der Waals surface area contributed by atoms with Crippen LogP contribution in [0.4, 0.5) is 5.69 Å². The predicted octanol–water partition coefficient (Wildman–Crippen LogP) is 4.88. The van der Waals surface area contributed by atoms with Gasteiger partial charge in [0.15, 0.2) is 0 Å². The average molecular weight is 473 g/mol. The van der Waals surface area contributed by atoms with Gasteiger partial charge in [-0.25, -0.2) is 5.43 Å². The van der Waals surface area contributed by atoms with Crippen LogP contribution in [0.5, 0.6) is 0 Å². The maximum absolute atomic E-state index is 12.4. The summed E-state index contributed by atoms with van der Waals surface area (Å²) in [6.45, 7) is 10.5. The van der Waals surface area contributed by atoms with E-state index in [1.807, 2.05) is 52.0 Å². The van der Waals surface area contributed by atoms with E-state index in [2.05, 4.69) is 32.8 Å². The summed E-state index contributed by atoms with van der Waals surface area (Å²) in [5.74, 6) is 0.0746. The minimum atomic E-state index is -0.228. The molecule has 1 fully saturated rings. The Kier molecular flexibility index (Phi) is 14.8. The Hall–Kier alpha value is -3.26. The molecule has 0 spiro atoms. The van der Waals surface area contributed by atoms with Gasteiger partial charge in [-0.05, 0) is 61.1 Å². The number of anilines is 1. The second-order valence-electron chi connectivity index (χ2n) is 7.50. The summed E-state index contributed by atoms with van der Waals surface area (Å²) >= 11 is 0. The number of hydrogen-bond donors (Lipinski definition) is 3. The molecule has 0 radical (unpaired) electrons. The van der Waals surface area contributed by atoms with Crippen molar-refractivity contribution >= 4 is 24.0 Å². The largest absolute Gasteiger partial charge is 0.471 e. The molecule has 34 heavy (non-hydrogen) atoms. The van der Waals surface area contributed by atoms with Crippen molar-refractivity contribution in [3.8, 4) is 0 Å². The molecular weight excluding hydrogens is 432 g/mol. The van der Waals surface area contributed by atoms with Crippen molar-refractivity contribution in [1.82, 2.24) is 15.8 Å². The molecule has 1 aliphatic heterocycles. The van der Waals surface area contributed by atoms with Crippen LogP contribution >= 0.6 is 0 Å². The Labute approximate surface area is 203 Å². The summed E-state index contributed by atoms with van der Waals surface area (Å²) in [6.07, 6.45) is 4.23. The number of carbonyl (C=O) groups excluding carboxylic acids is 3. The first kappa shape index (κ1) is 30.7. The number of nitrogens with zero attached hydrogens (tertiary/aromatic N) is 1. The minimum Gasteiger partial charge on any atom is -0.471 e. The third kappa shape index (κ3) is 9.31. The molecule has 2 heterocycles. The monoisotopic (exact) mass is 472 g/mol. The molecule has 1 aromatic heterocycles. The Morgan fingerprint density at radius 1 is 1.24 bits per heavy atom. The van der Waals surface area contributed by atoms with E-state index in [4.69, 9.17) is 4.79 Å². The molecule has 8 nitrogen and oxygen atoms in total. The molecular formula is C26H40N4O4. The van der Waals surface area contributed by atoms with Crippen molar-refractivity contribution in [3.63, 3.8) is 0 Å². The van der Waals surface area contributed by atoms with Crippen LogP contribution in [-0.4, -0.2) is 30.4 Å². The van der Waals surface area contributed by atoms with Gasteiger partial charge in [0.25, 0.3) is 12.4 Å². The van der Waals surface area contributed by atoms with Crippen LogP contribution in [0, 0.1) is 19.8 Å². The topological polar surface area (TPSA) is 109 Å². The maximum Gasteiger partial charge on any atom is 0.292 e. The lowest BCUT2D eigenvalue weighted by molar-refractivity contribution is -0.126.